The first-order chi connectivity index (χ1) is 7.38. The molecule has 16 heavy (non-hydrogen) atoms. The first-order valence-corrected chi connectivity index (χ1v) is 6.50. The van der Waals surface area contributed by atoms with E-state index in [0.717, 1.165) is 0 Å². The van der Waals surface area contributed by atoms with Crippen molar-refractivity contribution in [2.24, 2.45) is 5.73 Å². The molecule has 1 aromatic heterocycles. The monoisotopic (exact) mass is 246 g/mol. The van der Waals surface area contributed by atoms with E-state index in [0.29, 0.717) is 6.42 Å². The summed E-state index contributed by atoms with van der Waals surface area (Å²) in [6, 6.07) is 0. The lowest BCUT2D eigenvalue weighted by atomic mass is 10.00. The second-order valence-electron chi connectivity index (χ2n) is 3.94. The molecule has 1 heterocycles. The van der Waals surface area contributed by atoms with Gasteiger partial charge >= 0.3 is 0 Å². The number of sulfonamides is 1. The van der Waals surface area contributed by atoms with Crippen molar-refractivity contribution in [3.05, 3.63) is 12.5 Å². The molecule has 0 amide bonds. The Bertz CT molecular complexity index is 422. The molecule has 0 radical (unpaired) electrons. The van der Waals surface area contributed by atoms with Crippen molar-refractivity contribution in [1.29, 1.82) is 0 Å². The van der Waals surface area contributed by atoms with Crippen molar-refractivity contribution in [2.45, 2.75) is 30.8 Å². The van der Waals surface area contributed by atoms with Gasteiger partial charge in [0.05, 0.1) is 12.5 Å². The lowest BCUT2D eigenvalue weighted by Gasteiger charge is -2.35. The van der Waals surface area contributed by atoms with Gasteiger partial charge in [0.2, 0.25) is 0 Å². The summed E-state index contributed by atoms with van der Waals surface area (Å²) in [4.78, 5) is 6.31. The standard InChI is InChI=1S/C9H18N4O2S/c1-4-9(2,6-10)13(3)16(14,15)8-5-11-7-12-8/h5,7H,4,6,10H2,1-3H3,(H,11,12). The third-order valence-electron chi connectivity index (χ3n) is 3.07. The Kier molecular flexibility index (Phi) is 3.72. The van der Waals surface area contributed by atoms with E-state index in [1.807, 2.05) is 13.8 Å². The lowest BCUT2D eigenvalue weighted by Crippen LogP contribution is -2.51. The summed E-state index contributed by atoms with van der Waals surface area (Å²) >= 11 is 0. The first-order valence-electron chi connectivity index (χ1n) is 5.06. The number of nitrogens with one attached hydrogen (secondary N) is 1. The van der Waals surface area contributed by atoms with E-state index in [9.17, 15) is 8.42 Å². The van der Waals surface area contributed by atoms with Crippen molar-refractivity contribution >= 4 is 10.0 Å². The van der Waals surface area contributed by atoms with Crippen LogP contribution in [0.25, 0.3) is 0 Å². The van der Waals surface area contributed by atoms with Crippen LogP contribution in [-0.2, 0) is 10.0 Å². The second-order valence-corrected chi connectivity index (χ2v) is 5.88. The molecule has 0 fully saturated rings. The van der Waals surface area contributed by atoms with E-state index in [4.69, 9.17) is 5.73 Å². The van der Waals surface area contributed by atoms with E-state index in [1.54, 1.807) is 0 Å². The van der Waals surface area contributed by atoms with E-state index in [1.165, 1.54) is 23.9 Å². The van der Waals surface area contributed by atoms with Gasteiger partial charge in [-0.05, 0) is 13.3 Å². The molecule has 6 nitrogen and oxygen atoms in total. The van der Waals surface area contributed by atoms with Gasteiger partial charge in [-0.3, -0.25) is 0 Å². The molecule has 0 saturated carbocycles. The molecule has 1 unspecified atom stereocenters. The highest BCUT2D eigenvalue weighted by Gasteiger charge is 2.36. The maximum absolute atomic E-state index is 12.2. The van der Waals surface area contributed by atoms with Crippen molar-refractivity contribution in [2.75, 3.05) is 13.6 Å². The Morgan fingerprint density at radius 3 is 2.62 bits per heavy atom. The molecule has 0 saturated heterocycles. The predicted octanol–water partition coefficient (Wildman–Crippen LogP) is 0.158. The minimum Gasteiger partial charge on any atom is -0.335 e. The Morgan fingerprint density at radius 2 is 2.25 bits per heavy atom. The predicted molar refractivity (Wildman–Crippen MR) is 61.3 cm³/mol. The quantitative estimate of drug-likeness (QED) is 0.774. The molecular formula is C9H18N4O2S. The van der Waals surface area contributed by atoms with E-state index in [-0.39, 0.29) is 11.6 Å². The molecule has 0 aromatic carbocycles. The third-order valence-corrected chi connectivity index (χ3v) is 5.01. The van der Waals surface area contributed by atoms with E-state index >= 15 is 0 Å². The smallest absolute Gasteiger partial charge is 0.260 e. The summed E-state index contributed by atoms with van der Waals surface area (Å²) in [6.07, 6.45) is 3.28. The highest BCUT2D eigenvalue weighted by Crippen LogP contribution is 2.23. The molecule has 0 aliphatic heterocycles. The molecule has 7 heteroatoms. The number of hydrogen-bond donors (Lipinski definition) is 2. The summed E-state index contributed by atoms with van der Waals surface area (Å²) in [5.41, 5.74) is 5.06. The van der Waals surface area contributed by atoms with Gasteiger partial charge in [0, 0.05) is 19.1 Å². The minimum atomic E-state index is -3.54. The van der Waals surface area contributed by atoms with Gasteiger partial charge in [0.1, 0.15) is 0 Å². The van der Waals surface area contributed by atoms with Crippen LogP contribution in [-0.4, -0.2) is 41.8 Å². The molecule has 0 bridgehead atoms. The second kappa shape index (κ2) is 4.52. The molecule has 1 rings (SSSR count). The Hall–Kier alpha value is -0.920. The largest absolute Gasteiger partial charge is 0.335 e. The van der Waals surface area contributed by atoms with Crippen molar-refractivity contribution in [3.8, 4) is 0 Å². The summed E-state index contributed by atoms with van der Waals surface area (Å²) in [6.45, 7) is 4.00. The van der Waals surface area contributed by atoms with Crippen LogP contribution >= 0.6 is 0 Å². The number of aromatic nitrogens is 2. The first kappa shape index (κ1) is 13.1. The van der Waals surface area contributed by atoms with Gasteiger partial charge in [-0.2, -0.15) is 4.31 Å². The fourth-order valence-corrected chi connectivity index (χ4v) is 2.79. The van der Waals surface area contributed by atoms with Crippen LogP contribution in [0.5, 0.6) is 0 Å². The third kappa shape index (κ3) is 2.11. The van der Waals surface area contributed by atoms with Crippen LogP contribution in [0.4, 0.5) is 0 Å². The number of hydrogen-bond acceptors (Lipinski definition) is 4. The fraction of sp³-hybridized carbons (Fsp3) is 0.667. The number of nitrogens with zero attached hydrogens (tertiary/aromatic N) is 2. The minimum absolute atomic E-state index is 0.0862. The zero-order chi connectivity index (χ0) is 12.4. The zero-order valence-corrected chi connectivity index (χ0v) is 10.6. The van der Waals surface area contributed by atoms with Gasteiger partial charge in [0.25, 0.3) is 10.0 Å². The maximum atomic E-state index is 12.2. The highest BCUT2D eigenvalue weighted by molar-refractivity contribution is 7.89. The number of likely N-dealkylation sites (N-methyl/N-ethyl adjacent to an activating group) is 1. The summed E-state index contributed by atoms with van der Waals surface area (Å²) in [5.74, 6) is 0. The highest BCUT2D eigenvalue weighted by atomic mass is 32.2. The van der Waals surface area contributed by atoms with Crippen LogP contribution < -0.4 is 5.73 Å². The number of aromatic amines is 1. The van der Waals surface area contributed by atoms with Crippen molar-refractivity contribution < 1.29 is 8.42 Å². The Labute approximate surface area is 95.9 Å². The van der Waals surface area contributed by atoms with Gasteiger partial charge in [-0.15, -0.1) is 0 Å². The van der Waals surface area contributed by atoms with Crippen LogP contribution in [0.3, 0.4) is 0 Å². The molecule has 0 aliphatic rings. The number of H-pyrrole nitrogens is 1. The van der Waals surface area contributed by atoms with Gasteiger partial charge in [-0.1, -0.05) is 6.92 Å². The molecular weight excluding hydrogens is 228 g/mol. The van der Waals surface area contributed by atoms with Crippen LogP contribution in [0, 0.1) is 0 Å². The Morgan fingerprint density at radius 1 is 1.62 bits per heavy atom. The topological polar surface area (TPSA) is 92.1 Å². The number of imidazole rings is 1. The molecule has 1 aromatic rings. The maximum Gasteiger partial charge on any atom is 0.260 e. The number of nitrogens with two attached hydrogens (primary N) is 1. The normalized spacial score (nSPS) is 16.3. The molecule has 0 spiro atoms. The van der Waals surface area contributed by atoms with Crippen LogP contribution in [0.2, 0.25) is 0 Å². The van der Waals surface area contributed by atoms with Crippen molar-refractivity contribution in [1.82, 2.24) is 14.3 Å². The SMILES string of the molecule is CCC(C)(CN)N(C)S(=O)(=O)c1cnc[nH]1. The summed E-state index contributed by atoms with van der Waals surface area (Å²) < 4.78 is 25.6. The van der Waals surface area contributed by atoms with Crippen LogP contribution in [0.1, 0.15) is 20.3 Å². The lowest BCUT2D eigenvalue weighted by molar-refractivity contribution is 0.239. The molecule has 92 valence electrons. The fourth-order valence-electron chi connectivity index (χ4n) is 1.32. The average Bonchev–Trinajstić information content (AvgIpc) is 2.81. The van der Waals surface area contributed by atoms with Crippen LogP contribution in [0.15, 0.2) is 17.6 Å². The van der Waals surface area contributed by atoms with E-state index in [2.05, 4.69) is 9.97 Å². The van der Waals surface area contributed by atoms with Crippen molar-refractivity contribution in [3.63, 3.8) is 0 Å². The van der Waals surface area contributed by atoms with Gasteiger partial charge in [0.15, 0.2) is 5.03 Å². The van der Waals surface area contributed by atoms with E-state index < -0.39 is 15.6 Å². The summed E-state index contributed by atoms with van der Waals surface area (Å²) in [7, 11) is -2.01. The molecule has 3 N–H and O–H groups in total. The summed E-state index contributed by atoms with van der Waals surface area (Å²) in [5, 5.41) is 0.0862. The number of rotatable bonds is 5. The molecule has 1 atom stereocenters. The Balaban J connectivity index is 3.11. The van der Waals surface area contributed by atoms with Gasteiger partial charge < -0.3 is 10.7 Å². The zero-order valence-electron chi connectivity index (χ0n) is 9.77. The average molecular weight is 246 g/mol. The molecule has 0 aliphatic carbocycles. The van der Waals surface area contributed by atoms with Gasteiger partial charge in [-0.25, -0.2) is 13.4 Å².